The zero-order chi connectivity index (χ0) is 18.4. The number of benzene rings is 2. The first kappa shape index (κ1) is 19.1. The lowest BCUT2D eigenvalue weighted by atomic mass is 10.1. The highest BCUT2D eigenvalue weighted by Gasteiger charge is 2.13. The number of hydrogen-bond donors (Lipinski definition) is 1. The second-order valence-corrected chi connectivity index (χ2v) is 9.03. The molecule has 0 unspecified atom stereocenters. The van der Waals surface area contributed by atoms with E-state index in [1.165, 1.54) is 24.8 Å². The second kappa shape index (κ2) is 8.80. The van der Waals surface area contributed by atoms with Gasteiger partial charge in [0.25, 0.3) is 0 Å². The summed E-state index contributed by atoms with van der Waals surface area (Å²) in [5.74, 6) is 0.0146. The van der Waals surface area contributed by atoms with Gasteiger partial charge in [-0.1, -0.05) is 60.5 Å². The number of hydrogen-bond acceptors (Lipinski definition) is 3. The van der Waals surface area contributed by atoms with E-state index in [2.05, 4.69) is 21.8 Å². The van der Waals surface area contributed by atoms with E-state index in [1.807, 2.05) is 43.3 Å². The lowest BCUT2D eigenvalue weighted by Gasteiger charge is -2.26. The summed E-state index contributed by atoms with van der Waals surface area (Å²) in [6.07, 6.45) is 3.89. The minimum atomic E-state index is -3.35. The van der Waals surface area contributed by atoms with Crippen LogP contribution in [0.1, 0.15) is 41.5 Å². The summed E-state index contributed by atoms with van der Waals surface area (Å²) in [5.41, 5.74) is 4.20. The number of nitrogens with one attached hydrogen (secondary N) is 1. The van der Waals surface area contributed by atoms with Gasteiger partial charge >= 0.3 is 0 Å². The van der Waals surface area contributed by atoms with Crippen LogP contribution in [0.5, 0.6) is 0 Å². The molecule has 0 bridgehead atoms. The van der Waals surface area contributed by atoms with E-state index in [0.717, 1.165) is 36.3 Å². The highest BCUT2D eigenvalue weighted by atomic mass is 32.2. The van der Waals surface area contributed by atoms with Crippen molar-refractivity contribution >= 4 is 10.0 Å². The van der Waals surface area contributed by atoms with Crippen LogP contribution in [0, 0.1) is 6.92 Å². The molecule has 0 saturated carbocycles. The molecule has 0 radical (unpaired) electrons. The first-order valence-electron chi connectivity index (χ1n) is 9.33. The predicted octanol–water partition coefficient (Wildman–Crippen LogP) is 3.60. The van der Waals surface area contributed by atoms with Crippen molar-refractivity contribution in [2.45, 2.75) is 45.0 Å². The maximum absolute atomic E-state index is 12.3. The van der Waals surface area contributed by atoms with Crippen LogP contribution in [-0.2, 0) is 28.9 Å². The zero-order valence-corrected chi connectivity index (χ0v) is 16.3. The van der Waals surface area contributed by atoms with Crippen LogP contribution >= 0.6 is 0 Å². The summed E-state index contributed by atoms with van der Waals surface area (Å²) in [5, 5.41) is 0. The Labute approximate surface area is 157 Å². The third-order valence-electron chi connectivity index (χ3n) is 4.82. The molecule has 2 aromatic carbocycles. The molecule has 3 rings (SSSR count). The van der Waals surface area contributed by atoms with Gasteiger partial charge < -0.3 is 0 Å². The molecule has 1 heterocycles. The van der Waals surface area contributed by atoms with Crippen LogP contribution < -0.4 is 4.72 Å². The molecule has 0 atom stereocenters. The summed E-state index contributed by atoms with van der Waals surface area (Å²) in [4.78, 5) is 2.48. The van der Waals surface area contributed by atoms with Crippen molar-refractivity contribution in [3.63, 3.8) is 0 Å². The van der Waals surface area contributed by atoms with Crippen LogP contribution in [-0.4, -0.2) is 26.4 Å². The fourth-order valence-corrected chi connectivity index (χ4v) is 4.48. The average molecular weight is 373 g/mol. The van der Waals surface area contributed by atoms with Crippen molar-refractivity contribution in [3.8, 4) is 0 Å². The highest BCUT2D eigenvalue weighted by molar-refractivity contribution is 7.88. The van der Waals surface area contributed by atoms with Crippen molar-refractivity contribution in [1.82, 2.24) is 9.62 Å². The standard InChI is InChI=1S/C21H28N2O2S/c1-18-8-10-19(11-9-18)17-26(24,25)22-15-20-6-5-7-21(14-20)16-23-12-3-2-4-13-23/h5-11,14,22H,2-4,12-13,15-17H2,1H3. The molecule has 1 aliphatic rings. The van der Waals surface area contributed by atoms with Crippen LogP contribution in [0.15, 0.2) is 48.5 Å². The number of likely N-dealkylation sites (tertiary alicyclic amines) is 1. The van der Waals surface area contributed by atoms with Gasteiger partial charge in [0.15, 0.2) is 0 Å². The fraction of sp³-hybridized carbons (Fsp3) is 0.429. The van der Waals surface area contributed by atoms with E-state index in [4.69, 9.17) is 0 Å². The monoisotopic (exact) mass is 372 g/mol. The molecule has 4 nitrogen and oxygen atoms in total. The molecule has 1 N–H and O–H groups in total. The Morgan fingerprint density at radius 1 is 0.923 bits per heavy atom. The lowest BCUT2D eigenvalue weighted by Crippen LogP contribution is -2.29. The molecule has 1 saturated heterocycles. The second-order valence-electron chi connectivity index (χ2n) is 7.22. The van der Waals surface area contributed by atoms with Crippen LogP contribution in [0.25, 0.3) is 0 Å². The molecular weight excluding hydrogens is 344 g/mol. The number of sulfonamides is 1. The first-order valence-corrected chi connectivity index (χ1v) is 11.0. The zero-order valence-electron chi connectivity index (χ0n) is 15.4. The summed E-state index contributed by atoms with van der Waals surface area (Å²) in [6.45, 7) is 5.60. The van der Waals surface area contributed by atoms with E-state index < -0.39 is 10.0 Å². The molecule has 1 aliphatic heterocycles. The van der Waals surface area contributed by atoms with Crippen molar-refractivity contribution in [1.29, 1.82) is 0 Å². The van der Waals surface area contributed by atoms with Gasteiger partial charge in [-0.2, -0.15) is 0 Å². The van der Waals surface area contributed by atoms with Gasteiger partial charge in [0.05, 0.1) is 5.75 Å². The topological polar surface area (TPSA) is 49.4 Å². The predicted molar refractivity (Wildman–Crippen MR) is 106 cm³/mol. The van der Waals surface area contributed by atoms with Crippen molar-refractivity contribution in [3.05, 3.63) is 70.8 Å². The van der Waals surface area contributed by atoms with Crippen LogP contribution in [0.3, 0.4) is 0 Å². The molecule has 0 amide bonds. The molecule has 0 aromatic heterocycles. The average Bonchev–Trinajstić information content (AvgIpc) is 2.63. The molecule has 1 fully saturated rings. The quantitative estimate of drug-likeness (QED) is 0.808. The van der Waals surface area contributed by atoms with Crippen LogP contribution in [0.2, 0.25) is 0 Å². The van der Waals surface area contributed by atoms with Gasteiger partial charge in [-0.15, -0.1) is 0 Å². The van der Waals surface area contributed by atoms with E-state index in [-0.39, 0.29) is 5.75 Å². The third-order valence-corrected chi connectivity index (χ3v) is 6.12. The summed E-state index contributed by atoms with van der Waals surface area (Å²) in [7, 11) is -3.35. The summed E-state index contributed by atoms with van der Waals surface area (Å²) < 4.78 is 27.4. The smallest absolute Gasteiger partial charge is 0.216 e. The van der Waals surface area contributed by atoms with Gasteiger partial charge in [-0.25, -0.2) is 13.1 Å². The molecular formula is C21H28N2O2S. The van der Waals surface area contributed by atoms with Gasteiger partial charge in [0.2, 0.25) is 10.0 Å². The largest absolute Gasteiger partial charge is 0.299 e. The van der Waals surface area contributed by atoms with Crippen molar-refractivity contribution < 1.29 is 8.42 Å². The number of nitrogens with zero attached hydrogens (tertiary/aromatic N) is 1. The van der Waals surface area contributed by atoms with Gasteiger partial charge in [-0.3, -0.25) is 4.90 Å². The van der Waals surface area contributed by atoms with E-state index in [1.54, 1.807) is 0 Å². The molecule has 140 valence electrons. The normalized spacial score (nSPS) is 15.9. The Hall–Kier alpha value is -1.69. The van der Waals surface area contributed by atoms with E-state index in [0.29, 0.717) is 6.54 Å². The van der Waals surface area contributed by atoms with Gasteiger partial charge in [-0.05, 0) is 49.5 Å². The Morgan fingerprint density at radius 3 is 2.35 bits per heavy atom. The Morgan fingerprint density at radius 2 is 1.62 bits per heavy atom. The van der Waals surface area contributed by atoms with E-state index in [9.17, 15) is 8.42 Å². The Kier molecular flexibility index (Phi) is 6.46. The molecule has 0 aliphatic carbocycles. The molecule has 0 spiro atoms. The van der Waals surface area contributed by atoms with Gasteiger partial charge in [0.1, 0.15) is 0 Å². The molecule has 2 aromatic rings. The maximum atomic E-state index is 12.3. The SMILES string of the molecule is Cc1ccc(CS(=O)(=O)NCc2cccc(CN3CCCCC3)c2)cc1. The highest BCUT2D eigenvalue weighted by Crippen LogP contribution is 2.14. The van der Waals surface area contributed by atoms with Gasteiger partial charge in [0, 0.05) is 13.1 Å². The van der Waals surface area contributed by atoms with Crippen LogP contribution in [0.4, 0.5) is 0 Å². The first-order chi connectivity index (χ1) is 12.5. The lowest BCUT2D eigenvalue weighted by molar-refractivity contribution is 0.221. The number of piperidine rings is 1. The number of aryl methyl sites for hydroxylation is 1. The molecule has 5 heteroatoms. The fourth-order valence-electron chi connectivity index (χ4n) is 3.36. The Balaban J connectivity index is 1.56. The maximum Gasteiger partial charge on any atom is 0.216 e. The van der Waals surface area contributed by atoms with E-state index >= 15 is 0 Å². The van der Waals surface area contributed by atoms with Crippen molar-refractivity contribution in [2.24, 2.45) is 0 Å². The third kappa shape index (κ3) is 5.94. The Bertz CT molecular complexity index is 810. The number of rotatable bonds is 7. The summed E-state index contributed by atoms with van der Waals surface area (Å²) >= 11 is 0. The van der Waals surface area contributed by atoms with Crippen molar-refractivity contribution in [2.75, 3.05) is 13.1 Å². The minimum Gasteiger partial charge on any atom is -0.299 e. The summed E-state index contributed by atoms with van der Waals surface area (Å²) in [6, 6.07) is 15.9. The minimum absolute atomic E-state index is 0.0146. The molecule has 26 heavy (non-hydrogen) atoms.